The van der Waals surface area contributed by atoms with E-state index in [1.54, 1.807) is 36.5 Å². The predicted molar refractivity (Wildman–Crippen MR) is 103 cm³/mol. The van der Waals surface area contributed by atoms with Crippen molar-refractivity contribution in [1.29, 1.82) is 0 Å². The van der Waals surface area contributed by atoms with Gasteiger partial charge in [-0.3, -0.25) is 4.79 Å². The SMILES string of the molecule is CCc1nccn1CCC(=O)NC1CCN(S(=O)(=O)c2ccccc2)CC1. The maximum atomic E-state index is 12.6. The number of aromatic nitrogens is 2. The Labute approximate surface area is 160 Å². The number of imidazole rings is 1. The van der Waals surface area contributed by atoms with E-state index in [0.717, 1.165) is 12.2 Å². The van der Waals surface area contributed by atoms with Crippen molar-refractivity contribution in [2.24, 2.45) is 0 Å². The fourth-order valence-electron chi connectivity index (χ4n) is 3.36. The molecular weight excluding hydrogens is 364 g/mol. The van der Waals surface area contributed by atoms with Crippen molar-refractivity contribution in [2.75, 3.05) is 13.1 Å². The number of rotatable bonds is 7. The van der Waals surface area contributed by atoms with Crippen LogP contribution < -0.4 is 5.32 Å². The van der Waals surface area contributed by atoms with Crippen LogP contribution >= 0.6 is 0 Å². The summed E-state index contributed by atoms with van der Waals surface area (Å²) in [6, 6.07) is 8.50. The summed E-state index contributed by atoms with van der Waals surface area (Å²) in [4.78, 5) is 16.8. The molecule has 2 heterocycles. The molecule has 0 aliphatic carbocycles. The lowest BCUT2D eigenvalue weighted by Gasteiger charge is -2.31. The first-order valence-electron chi connectivity index (χ1n) is 9.35. The molecule has 0 atom stereocenters. The summed E-state index contributed by atoms with van der Waals surface area (Å²) in [6.07, 6.45) is 6.12. The molecule has 0 saturated carbocycles. The minimum absolute atomic E-state index is 0.00452. The number of amides is 1. The molecule has 1 aliphatic heterocycles. The standard InChI is InChI=1S/C19H26N4O3S/c1-2-18-20-11-15-22(18)12-10-19(24)21-16-8-13-23(14-9-16)27(25,26)17-6-4-3-5-7-17/h3-7,11,15-16H,2,8-10,12-14H2,1H3,(H,21,24). The van der Waals surface area contributed by atoms with Gasteiger partial charge in [0.05, 0.1) is 4.90 Å². The average Bonchev–Trinajstić information content (AvgIpc) is 3.15. The van der Waals surface area contributed by atoms with Crippen LogP contribution in [0.4, 0.5) is 0 Å². The van der Waals surface area contributed by atoms with Crippen LogP contribution in [0.25, 0.3) is 0 Å². The lowest BCUT2D eigenvalue weighted by molar-refractivity contribution is -0.122. The molecule has 8 heteroatoms. The number of sulfonamides is 1. The van der Waals surface area contributed by atoms with Gasteiger partial charge in [0.1, 0.15) is 5.82 Å². The Morgan fingerprint density at radius 3 is 2.59 bits per heavy atom. The van der Waals surface area contributed by atoms with Crippen LogP contribution in [0, 0.1) is 0 Å². The van der Waals surface area contributed by atoms with Gasteiger partial charge >= 0.3 is 0 Å². The molecule has 0 unspecified atom stereocenters. The lowest BCUT2D eigenvalue weighted by Crippen LogP contribution is -2.46. The van der Waals surface area contributed by atoms with Gasteiger partial charge in [0.2, 0.25) is 15.9 Å². The highest BCUT2D eigenvalue weighted by molar-refractivity contribution is 7.89. The maximum Gasteiger partial charge on any atom is 0.243 e. The first-order chi connectivity index (χ1) is 13.0. The highest BCUT2D eigenvalue weighted by Gasteiger charge is 2.29. The van der Waals surface area contributed by atoms with Crippen LogP contribution in [0.15, 0.2) is 47.6 Å². The minimum atomic E-state index is -3.45. The zero-order valence-electron chi connectivity index (χ0n) is 15.5. The molecule has 0 radical (unpaired) electrons. The fraction of sp³-hybridized carbons (Fsp3) is 0.474. The summed E-state index contributed by atoms with van der Waals surface area (Å²) in [5, 5.41) is 3.04. The molecule has 27 heavy (non-hydrogen) atoms. The highest BCUT2D eigenvalue weighted by atomic mass is 32.2. The Morgan fingerprint density at radius 1 is 1.22 bits per heavy atom. The number of hydrogen-bond acceptors (Lipinski definition) is 4. The fourth-order valence-corrected chi connectivity index (χ4v) is 4.85. The van der Waals surface area contributed by atoms with Gasteiger partial charge in [-0.25, -0.2) is 13.4 Å². The molecular formula is C19H26N4O3S. The molecule has 146 valence electrons. The van der Waals surface area contributed by atoms with Gasteiger partial charge in [-0.05, 0) is 25.0 Å². The normalized spacial score (nSPS) is 16.3. The lowest BCUT2D eigenvalue weighted by atomic mass is 10.1. The Hall–Kier alpha value is -2.19. The monoisotopic (exact) mass is 390 g/mol. The number of carbonyl (C=O) groups excluding carboxylic acids is 1. The quantitative estimate of drug-likeness (QED) is 0.781. The molecule has 1 amide bonds. The van der Waals surface area contributed by atoms with Gasteiger partial charge in [0.15, 0.2) is 0 Å². The summed E-state index contributed by atoms with van der Waals surface area (Å²) in [6.45, 7) is 3.49. The third-order valence-electron chi connectivity index (χ3n) is 4.90. The van der Waals surface area contributed by atoms with E-state index in [-0.39, 0.29) is 11.9 Å². The molecule has 1 saturated heterocycles. The van der Waals surface area contributed by atoms with Gasteiger partial charge in [-0.2, -0.15) is 4.31 Å². The summed E-state index contributed by atoms with van der Waals surface area (Å²) in [7, 11) is -3.45. The largest absolute Gasteiger partial charge is 0.353 e. The Kier molecular flexibility index (Phi) is 6.28. The van der Waals surface area contributed by atoms with Crippen LogP contribution in [0.5, 0.6) is 0 Å². The first-order valence-corrected chi connectivity index (χ1v) is 10.8. The number of aryl methyl sites for hydroxylation is 2. The second kappa shape index (κ2) is 8.67. The minimum Gasteiger partial charge on any atom is -0.353 e. The van der Waals surface area contributed by atoms with Gasteiger partial charge in [0.25, 0.3) is 0 Å². The molecule has 2 aromatic rings. The second-order valence-corrected chi connectivity index (χ2v) is 8.64. The van der Waals surface area contributed by atoms with E-state index in [0.29, 0.717) is 43.8 Å². The molecule has 0 spiro atoms. The van der Waals surface area contributed by atoms with Crippen molar-refractivity contribution < 1.29 is 13.2 Å². The van der Waals surface area contributed by atoms with E-state index in [2.05, 4.69) is 10.3 Å². The van der Waals surface area contributed by atoms with Gasteiger partial charge in [-0.15, -0.1) is 0 Å². The first kappa shape index (κ1) is 19.6. The number of hydrogen-bond donors (Lipinski definition) is 1. The molecule has 1 aromatic heterocycles. The van der Waals surface area contributed by atoms with E-state index in [9.17, 15) is 13.2 Å². The Balaban J connectivity index is 1.47. The zero-order valence-corrected chi connectivity index (χ0v) is 16.4. The maximum absolute atomic E-state index is 12.6. The second-order valence-electron chi connectivity index (χ2n) is 6.70. The molecule has 3 rings (SSSR count). The third-order valence-corrected chi connectivity index (χ3v) is 6.81. The number of benzene rings is 1. The topological polar surface area (TPSA) is 84.3 Å². The number of nitrogens with one attached hydrogen (secondary N) is 1. The van der Waals surface area contributed by atoms with Crippen LogP contribution in [0.3, 0.4) is 0 Å². The molecule has 1 N–H and O–H groups in total. The van der Waals surface area contributed by atoms with Gasteiger partial charge in [-0.1, -0.05) is 25.1 Å². The van der Waals surface area contributed by atoms with Crippen molar-refractivity contribution in [2.45, 2.75) is 50.1 Å². The van der Waals surface area contributed by atoms with E-state index >= 15 is 0 Å². The molecule has 1 aromatic carbocycles. The Morgan fingerprint density at radius 2 is 1.93 bits per heavy atom. The van der Waals surface area contributed by atoms with Crippen molar-refractivity contribution in [3.05, 3.63) is 48.5 Å². The van der Waals surface area contributed by atoms with Crippen molar-refractivity contribution in [3.8, 4) is 0 Å². The van der Waals surface area contributed by atoms with Crippen LogP contribution in [0.2, 0.25) is 0 Å². The summed E-state index contributed by atoms with van der Waals surface area (Å²) in [5.41, 5.74) is 0. The Bertz CT molecular complexity index is 856. The average molecular weight is 391 g/mol. The van der Waals surface area contributed by atoms with Crippen molar-refractivity contribution in [3.63, 3.8) is 0 Å². The predicted octanol–water partition coefficient (Wildman–Crippen LogP) is 1.81. The molecule has 1 fully saturated rings. The van der Waals surface area contributed by atoms with E-state index in [4.69, 9.17) is 0 Å². The number of carbonyl (C=O) groups is 1. The molecule has 7 nitrogen and oxygen atoms in total. The van der Waals surface area contributed by atoms with E-state index < -0.39 is 10.0 Å². The summed E-state index contributed by atoms with van der Waals surface area (Å²) < 4.78 is 28.8. The number of piperidine rings is 1. The van der Waals surface area contributed by atoms with E-state index in [1.807, 2.05) is 17.7 Å². The highest BCUT2D eigenvalue weighted by Crippen LogP contribution is 2.20. The van der Waals surface area contributed by atoms with Crippen molar-refractivity contribution in [1.82, 2.24) is 19.2 Å². The van der Waals surface area contributed by atoms with Crippen LogP contribution in [0.1, 0.15) is 32.0 Å². The van der Waals surface area contributed by atoms with Crippen LogP contribution in [-0.2, 0) is 27.8 Å². The number of nitrogens with zero attached hydrogens (tertiary/aromatic N) is 3. The van der Waals surface area contributed by atoms with Gasteiger partial charge < -0.3 is 9.88 Å². The van der Waals surface area contributed by atoms with Crippen LogP contribution in [-0.4, -0.2) is 47.3 Å². The zero-order chi connectivity index (χ0) is 19.3. The van der Waals surface area contributed by atoms with E-state index in [1.165, 1.54) is 4.31 Å². The smallest absolute Gasteiger partial charge is 0.243 e. The third kappa shape index (κ3) is 4.75. The molecule has 1 aliphatic rings. The molecule has 0 bridgehead atoms. The van der Waals surface area contributed by atoms with Crippen molar-refractivity contribution >= 4 is 15.9 Å². The summed E-state index contributed by atoms with van der Waals surface area (Å²) >= 11 is 0. The van der Waals surface area contributed by atoms with Gasteiger partial charge in [0, 0.05) is 50.9 Å². The summed E-state index contributed by atoms with van der Waals surface area (Å²) in [5.74, 6) is 0.970.